The Kier molecular flexibility index (Phi) is 3.58. The van der Waals surface area contributed by atoms with Crippen LogP contribution in [0.4, 0.5) is 0 Å². The maximum Gasteiger partial charge on any atom is 0.303 e. The lowest BCUT2D eigenvalue weighted by molar-refractivity contribution is -0.139. The lowest BCUT2D eigenvalue weighted by atomic mass is 10.00. The number of carboxylic acids is 1. The third kappa shape index (κ3) is 2.70. The second-order valence-electron chi connectivity index (χ2n) is 3.84. The molecule has 1 aromatic heterocycles. The van der Waals surface area contributed by atoms with E-state index in [0.717, 1.165) is 15.1 Å². The molecule has 0 radical (unpaired) electrons. The minimum absolute atomic E-state index is 0.0279. The number of rotatable bonds is 4. The summed E-state index contributed by atoms with van der Waals surface area (Å²) in [6.07, 6.45) is 0.0279. The van der Waals surface area contributed by atoms with Gasteiger partial charge in [0.05, 0.1) is 10.2 Å². The summed E-state index contributed by atoms with van der Waals surface area (Å²) in [7, 11) is -3.42. The first kappa shape index (κ1) is 13.0. The lowest BCUT2D eigenvalue weighted by Gasteiger charge is -2.36. The Bertz CT molecular complexity index is 533. The van der Waals surface area contributed by atoms with Crippen molar-refractivity contribution < 1.29 is 18.3 Å². The molecule has 0 bridgehead atoms. The molecule has 2 heterocycles. The first-order valence-corrected chi connectivity index (χ1v) is 7.92. The van der Waals surface area contributed by atoms with Gasteiger partial charge in [0, 0.05) is 13.1 Å². The minimum atomic E-state index is -3.42. The maximum absolute atomic E-state index is 12.0. The maximum atomic E-state index is 12.0. The fourth-order valence-electron chi connectivity index (χ4n) is 1.66. The molecule has 5 nitrogen and oxygen atoms in total. The largest absolute Gasteiger partial charge is 0.481 e. The van der Waals surface area contributed by atoms with E-state index in [1.54, 1.807) is 12.1 Å². The number of halogens is 1. The zero-order valence-corrected chi connectivity index (χ0v) is 11.9. The molecule has 8 heteroatoms. The van der Waals surface area contributed by atoms with E-state index in [-0.39, 0.29) is 16.5 Å². The van der Waals surface area contributed by atoms with Gasteiger partial charge in [-0.1, -0.05) is 0 Å². The van der Waals surface area contributed by atoms with E-state index >= 15 is 0 Å². The normalized spacial score (nSPS) is 17.9. The van der Waals surface area contributed by atoms with Crippen molar-refractivity contribution in [2.24, 2.45) is 5.92 Å². The Morgan fingerprint density at radius 2 is 2.18 bits per heavy atom. The van der Waals surface area contributed by atoms with Crippen LogP contribution in [0.15, 0.2) is 20.1 Å². The Morgan fingerprint density at radius 1 is 1.53 bits per heavy atom. The summed E-state index contributed by atoms with van der Waals surface area (Å²) in [4.78, 5) is 10.5. The van der Waals surface area contributed by atoms with Crippen LogP contribution in [0.3, 0.4) is 0 Å². The van der Waals surface area contributed by atoms with Gasteiger partial charge in [0.15, 0.2) is 0 Å². The van der Waals surface area contributed by atoms with E-state index in [0.29, 0.717) is 13.1 Å². The summed E-state index contributed by atoms with van der Waals surface area (Å²) in [5.74, 6) is -0.948. The van der Waals surface area contributed by atoms with Crippen molar-refractivity contribution in [3.8, 4) is 0 Å². The van der Waals surface area contributed by atoms with E-state index < -0.39 is 16.0 Å². The third-order valence-corrected chi connectivity index (χ3v) is 6.45. The highest BCUT2D eigenvalue weighted by molar-refractivity contribution is 9.11. The predicted octanol–water partition coefficient (Wildman–Crippen LogP) is 1.61. The van der Waals surface area contributed by atoms with Crippen molar-refractivity contribution in [1.29, 1.82) is 0 Å². The van der Waals surface area contributed by atoms with Gasteiger partial charge in [-0.2, -0.15) is 4.31 Å². The molecule has 94 valence electrons. The van der Waals surface area contributed by atoms with Crippen molar-refractivity contribution >= 4 is 43.3 Å². The zero-order valence-electron chi connectivity index (χ0n) is 8.67. The van der Waals surface area contributed by atoms with E-state index in [1.807, 2.05) is 0 Å². The Labute approximate surface area is 111 Å². The number of sulfonamides is 1. The third-order valence-electron chi connectivity index (χ3n) is 2.53. The van der Waals surface area contributed by atoms with E-state index in [1.165, 1.54) is 4.31 Å². The highest BCUT2D eigenvalue weighted by Crippen LogP contribution is 2.32. The van der Waals surface area contributed by atoms with Gasteiger partial charge in [0.1, 0.15) is 4.21 Å². The number of hydrogen-bond donors (Lipinski definition) is 1. The van der Waals surface area contributed by atoms with Crippen LogP contribution in [0.2, 0.25) is 0 Å². The molecule has 0 aliphatic carbocycles. The fraction of sp³-hybridized carbons (Fsp3) is 0.444. The fourth-order valence-corrected chi connectivity index (χ4v) is 5.41. The number of carbonyl (C=O) groups is 1. The molecule has 1 aliphatic heterocycles. The molecule has 0 amide bonds. The van der Waals surface area contributed by atoms with Crippen LogP contribution >= 0.6 is 27.3 Å². The summed E-state index contributed by atoms with van der Waals surface area (Å²) in [6.45, 7) is 0.592. The quantitative estimate of drug-likeness (QED) is 0.904. The lowest BCUT2D eigenvalue weighted by Crippen LogP contribution is -2.50. The van der Waals surface area contributed by atoms with Gasteiger partial charge in [0.25, 0.3) is 10.0 Å². The van der Waals surface area contributed by atoms with Crippen LogP contribution in [0, 0.1) is 5.92 Å². The predicted molar refractivity (Wildman–Crippen MR) is 66.5 cm³/mol. The minimum Gasteiger partial charge on any atom is -0.481 e. The van der Waals surface area contributed by atoms with Crippen LogP contribution in [0.25, 0.3) is 0 Å². The molecular weight excluding hydrogens is 330 g/mol. The molecule has 1 saturated heterocycles. The number of nitrogens with zero attached hydrogens (tertiary/aromatic N) is 1. The van der Waals surface area contributed by atoms with Crippen LogP contribution in [0.1, 0.15) is 6.42 Å². The Hall–Kier alpha value is -0.440. The van der Waals surface area contributed by atoms with Crippen LogP contribution < -0.4 is 0 Å². The standard InChI is InChI=1S/C9H10BrNO4S2/c10-7-1-2-9(16-7)17(14,15)11-4-6(5-11)3-8(12)13/h1-2,6H,3-5H2,(H,12,13). The van der Waals surface area contributed by atoms with Crippen molar-refractivity contribution in [3.05, 3.63) is 15.9 Å². The topological polar surface area (TPSA) is 74.7 Å². The summed E-state index contributed by atoms with van der Waals surface area (Å²) >= 11 is 4.37. The molecule has 0 saturated carbocycles. The summed E-state index contributed by atoms with van der Waals surface area (Å²) in [6, 6.07) is 3.24. The molecule has 1 N–H and O–H groups in total. The van der Waals surface area contributed by atoms with E-state index in [2.05, 4.69) is 15.9 Å². The summed E-state index contributed by atoms with van der Waals surface area (Å²) in [5, 5.41) is 8.59. The number of carboxylic acid groups (broad SMARTS) is 1. The van der Waals surface area contributed by atoms with Crippen molar-refractivity contribution in [1.82, 2.24) is 4.31 Å². The molecule has 0 unspecified atom stereocenters. The Balaban J connectivity index is 2.03. The van der Waals surface area contributed by atoms with Gasteiger partial charge in [-0.25, -0.2) is 8.42 Å². The van der Waals surface area contributed by atoms with Crippen molar-refractivity contribution in [2.75, 3.05) is 13.1 Å². The first-order valence-electron chi connectivity index (χ1n) is 4.87. The molecule has 0 atom stereocenters. The van der Waals surface area contributed by atoms with E-state index in [9.17, 15) is 13.2 Å². The number of thiophene rings is 1. The van der Waals surface area contributed by atoms with Crippen LogP contribution in [-0.2, 0) is 14.8 Å². The molecule has 1 aliphatic rings. The molecule has 1 fully saturated rings. The average molecular weight is 340 g/mol. The molecule has 1 aromatic rings. The average Bonchev–Trinajstić information content (AvgIpc) is 2.57. The summed E-state index contributed by atoms with van der Waals surface area (Å²) in [5.41, 5.74) is 0. The second-order valence-corrected chi connectivity index (χ2v) is 8.47. The molecule has 0 aromatic carbocycles. The van der Waals surface area contributed by atoms with Gasteiger partial charge in [-0.15, -0.1) is 11.3 Å². The van der Waals surface area contributed by atoms with Gasteiger partial charge in [0.2, 0.25) is 0 Å². The van der Waals surface area contributed by atoms with Gasteiger partial charge in [-0.3, -0.25) is 4.79 Å². The number of aliphatic carboxylic acids is 1. The van der Waals surface area contributed by atoms with Crippen LogP contribution in [-0.4, -0.2) is 36.9 Å². The Morgan fingerprint density at radius 3 is 2.65 bits per heavy atom. The molecule has 17 heavy (non-hydrogen) atoms. The molecule has 0 spiro atoms. The zero-order chi connectivity index (χ0) is 12.6. The van der Waals surface area contributed by atoms with Gasteiger partial charge in [-0.05, 0) is 34.0 Å². The summed E-state index contributed by atoms with van der Waals surface area (Å²) < 4.78 is 26.4. The van der Waals surface area contributed by atoms with Crippen molar-refractivity contribution in [2.45, 2.75) is 10.6 Å². The second kappa shape index (κ2) is 4.68. The number of hydrogen-bond acceptors (Lipinski definition) is 4. The van der Waals surface area contributed by atoms with Crippen LogP contribution in [0.5, 0.6) is 0 Å². The van der Waals surface area contributed by atoms with E-state index in [4.69, 9.17) is 5.11 Å². The van der Waals surface area contributed by atoms with Crippen molar-refractivity contribution in [3.63, 3.8) is 0 Å². The highest BCUT2D eigenvalue weighted by atomic mass is 79.9. The monoisotopic (exact) mass is 339 g/mol. The van der Waals surface area contributed by atoms with Gasteiger partial charge < -0.3 is 5.11 Å². The first-order chi connectivity index (χ1) is 7.89. The highest BCUT2D eigenvalue weighted by Gasteiger charge is 2.38. The van der Waals surface area contributed by atoms with Gasteiger partial charge >= 0.3 is 5.97 Å². The molecular formula is C9H10BrNO4S2. The SMILES string of the molecule is O=C(O)CC1CN(S(=O)(=O)c2ccc(Br)s2)C1. The smallest absolute Gasteiger partial charge is 0.303 e. The molecule has 2 rings (SSSR count).